The van der Waals surface area contributed by atoms with Crippen LogP contribution in [-0.2, 0) is 14.3 Å². The van der Waals surface area contributed by atoms with Crippen LogP contribution in [0.5, 0.6) is 5.75 Å². The van der Waals surface area contributed by atoms with Gasteiger partial charge in [-0.05, 0) is 30.2 Å². The van der Waals surface area contributed by atoms with Crippen molar-refractivity contribution in [2.24, 2.45) is 0 Å². The van der Waals surface area contributed by atoms with Crippen LogP contribution < -0.4 is 4.74 Å². The van der Waals surface area contributed by atoms with E-state index in [0.717, 1.165) is 23.3 Å². The Kier molecular flexibility index (Phi) is 5.49. The zero-order valence-electron chi connectivity index (χ0n) is 12.2. The van der Waals surface area contributed by atoms with Gasteiger partial charge in [0.15, 0.2) is 0 Å². The molecule has 0 aliphatic heterocycles. The molecule has 0 aliphatic carbocycles. The van der Waals surface area contributed by atoms with Crippen molar-refractivity contribution in [3.63, 3.8) is 0 Å². The fraction of sp³-hybridized carbons (Fsp3) is 0.111. The van der Waals surface area contributed by atoms with Gasteiger partial charge in [-0.15, -0.1) is 0 Å². The van der Waals surface area contributed by atoms with Crippen molar-refractivity contribution >= 4 is 11.9 Å². The topological polar surface area (TPSA) is 52.6 Å². The highest BCUT2D eigenvalue weighted by Crippen LogP contribution is 2.22. The second kappa shape index (κ2) is 7.78. The van der Waals surface area contributed by atoms with Crippen LogP contribution in [0.2, 0.25) is 0 Å². The molecule has 2 aromatic carbocycles. The number of ether oxygens (including phenoxy) is 2. The number of carbonyl (C=O) groups excluding carboxylic acids is 2. The molecule has 4 heteroatoms. The van der Waals surface area contributed by atoms with Crippen LogP contribution in [0.25, 0.3) is 11.1 Å². The van der Waals surface area contributed by atoms with E-state index in [2.05, 4.69) is 4.74 Å². The summed E-state index contributed by atoms with van der Waals surface area (Å²) >= 11 is 0. The lowest BCUT2D eigenvalue weighted by molar-refractivity contribution is -0.138. The van der Waals surface area contributed by atoms with Crippen molar-refractivity contribution in [2.45, 2.75) is 6.92 Å². The lowest BCUT2D eigenvalue weighted by Crippen LogP contribution is -2.06. The molecular weight excluding hydrogens is 280 g/mol. The Morgan fingerprint density at radius 3 is 2.09 bits per heavy atom. The quantitative estimate of drug-likeness (QED) is 0.482. The Hall–Kier alpha value is -2.88. The molecule has 0 aromatic heterocycles. The Morgan fingerprint density at radius 2 is 1.45 bits per heavy atom. The summed E-state index contributed by atoms with van der Waals surface area (Å²) in [5.74, 6) is -0.780. The Bertz CT molecular complexity index is 657. The first-order valence-corrected chi connectivity index (χ1v) is 6.91. The number of esters is 2. The van der Waals surface area contributed by atoms with Gasteiger partial charge in [-0.25, -0.2) is 9.59 Å². The number of benzene rings is 2. The van der Waals surface area contributed by atoms with Crippen molar-refractivity contribution in [2.75, 3.05) is 6.61 Å². The van der Waals surface area contributed by atoms with Gasteiger partial charge < -0.3 is 9.47 Å². The number of carbonyl (C=O) groups is 2. The average molecular weight is 296 g/mol. The average Bonchev–Trinajstić information content (AvgIpc) is 2.55. The molecular formula is C18H16O4. The van der Waals surface area contributed by atoms with Gasteiger partial charge in [0.05, 0.1) is 6.61 Å². The molecule has 0 heterocycles. The van der Waals surface area contributed by atoms with E-state index in [4.69, 9.17) is 4.74 Å². The summed E-state index contributed by atoms with van der Waals surface area (Å²) in [6.45, 7) is 1.96. The highest BCUT2D eigenvalue weighted by molar-refractivity contribution is 5.92. The van der Waals surface area contributed by atoms with Crippen molar-refractivity contribution in [3.05, 3.63) is 66.7 Å². The summed E-state index contributed by atoms with van der Waals surface area (Å²) in [4.78, 5) is 22.6. The molecule has 0 unspecified atom stereocenters. The first-order chi connectivity index (χ1) is 10.7. The molecule has 22 heavy (non-hydrogen) atoms. The van der Waals surface area contributed by atoms with Crippen LogP contribution in [0.1, 0.15) is 6.92 Å². The normalized spacial score (nSPS) is 10.4. The van der Waals surface area contributed by atoms with E-state index < -0.39 is 11.9 Å². The summed E-state index contributed by atoms with van der Waals surface area (Å²) < 4.78 is 9.77. The Labute approximate surface area is 129 Å². The van der Waals surface area contributed by atoms with Gasteiger partial charge in [-0.1, -0.05) is 42.5 Å². The molecule has 0 N–H and O–H groups in total. The Morgan fingerprint density at radius 1 is 0.864 bits per heavy atom. The third-order valence-corrected chi connectivity index (χ3v) is 2.82. The van der Waals surface area contributed by atoms with Gasteiger partial charge in [0, 0.05) is 12.2 Å². The van der Waals surface area contributed by atoms with Crippen molar-refractivity contribution in [1.29, 1.82) is 0 Å². The third kappa shape index (κ3) is 4.59. The predicted molar refractivity (Wildman–Crippen MR) is 83.3 cm³/mol. The van der Waals surface area contributed by atoms with Gasteiger partial charge in [-0.3, -0.25) is 0 Å². The largest absolute Gasteiger partial charge is 0.463 e. The van der Waals surface area contributed by atoms with Crippen LogP contribution >= 0.6 is 0 Å². The van der Waals surface area contributed by atoms with E-state index in [9.17, 15) is 9.59 Å². The van der Waals surface area contributed by atoms with E-state index in [-0.39, 0.29) is 6.61 Å². The lowest BCUT2D eigenvalue weighted by atomic mass is 10.1. The summed E-state index contributed by atoms with van der Waals surface area (Å²) in [6, 6.07) is 17.0. The summed E-state index contributed by atoms with van der Waals surface area (Å²) in [5, 5.41) is 0. The zero-order chi connectivity index (χ0) is 15.8. The van der Waals surface area contributed by atoms with Crippen LogP contribution in [0.4, 0.5) is 0 Å². The summed E-state index contributed by atoms with van der Waals surface area (Å²) in [7, 11) is 0. The maximum atomic E-state index is 11.6. The van der Waals surface area contributed by atoms with Crippen LogP contribution in [0.15, 0.2) is 66.7 Å². The van der Waals surface area contributed by atoms with Gasteiger partial charge >= 0.3 is 11.9 Å². The fourth-order valence-electron chi connectivity index (χ4n) is 1.82. The molecule has 0 atom stereocenters. The van der Waals surface area contributed by atoms with Crippen molar-refractivity contribution in [3.8, 4) is 16.9 Å². The molecule has 0 saturated heterocycles. The number of hydrogen-bond donors (Lipinski definition) is 0. The fourth-order valence-corrected chi connectivity index (χ4v) is 1.82. The molecule has 0 amide bonds. The molecule has 2 aromatic rings. The van der Waals surface area contributed by atoms with Crippen LogP contribution in [-0.4, -0.2) is 18.5 Å². The van der Waals surface area contributed by atoms with Crippen molar-refractivity contribution < 1.29 is 19.1 Å². The van der Waals surface area contributed by atoms with E-state index >= 15 is 0 Å². The molecule has 0 fully saturated rings. The van der Waals surface area contributed by atoms with Crippen molar-refractivity contribution in [1.82, 2.24) is 0 Å². The molecule has 0 spiro atoms. The van der Waals surface area contributed by atoms with Gasteiger partial charge in [0.2, 0.25) is 0 Å². The maximum Gasteiger partial charge on any atom is 0.336 e. The summed E-state index contributed by atoms with van der Waals surface area (Å²) in [5.41, 5.74) is 2.12. The third-order valence-electron chi connectivity index (χ3n) is 2.82. The summed E-state index contributed by atoms with van der Waals surface area (Å²) in [6.07, 6.45) is 2.09. The smallest absolute Gasteiger partial charge is 0.336 e. The molecule has 112 valence electrons. The lowest BCUT2D eigenvalue weighted by Gasteiger charge is -2.04. The molecule has 0 bridgehead atoms. The SMILES string of the molecule is CCOC(=O)C=CC(=O)Oc1ccc(-c2ccccc2)cc1. The highest BCUT2D eigenvalue weighted by atomic mass is 16.5. The molecule has 0 aliphatic rings. The van der Waals surface area contributed by atoms with Gasteiger partial charge in [0.1, 0.15) is 5.75 Å². The van der Waals surface area contributed by atoms with Crippen LogP contribution in [0.3, 0.4) is 0 Å². The number of rotatable bonds is 5. The minimum Gasteiger partial charge on any atom is -0.463 e. The monoisotopic (exact) mass is 296 g/mol. The highest BCUT2D eigenvalue weighted by Gasteiger charge is 2.03. The van der Waals surface area contributed by atoms with Crippen LogP contribution in [0, 0.1) is 0 Å². The molecule has 0 saturated carbocycles. The maximum absolute atomic E-state index is 11.6. The standard InChI is InChI=1S/C18H16O4/c1-2-21-17(19)12-13-18(20)22-16-10-8-15(9-11-16)14-6-4-3-5-7-14/h3-13H,2H2,1H3. The van der Waals surface area contributed by atoms with E-state index in [1.807, 2.05) is 42.5 Å². The van der Waals surface area contributed by atoms with Gasteiger partial charge in [0.25, 0.3) is 0 Å². The molecule has 4 nitrogen and oxygen atoms in total. The van der Waals surface area contributed by atoms with Gasteiger partial charge in [-0.2, -0.15) is 0 Å². The zero-order valence-corrected chi connectivity index (χ0v) is 12.2. The predicted octanol–water partition coefficient (Wildman–Crippen LogP) is 3.38. The first kappa shape index (κ1) is 15.5. The molecule has 0 radical (unpaired) electrons. The van der Waals surface area contributed by atoms with E-state index in [1.54, 1.807) is 19.1 Å². The Balaban J connectivity index is 1.97. The van der Waals surface area contributed by atoms with E-state index in [0.29, 0.717) is 5.75 Å². The second-order valence-corrected chi connectivity index (χ2v) is 4.40. The molecule has 2 rings (SSSR count). The number of hydrogen-bond acceptors (Lipinski definition) is 4. The first-order valence-electron chi connectivity index (χ1n) is 6.91. The minimum absolute atomic E-state index is 0.263. The minimum atomic E-state index is -0.625. The van der Waals surface area contributed by atoms with E-state index in [1.165, 1.54) is 0 Å². The second-order valence-electron chi connectivity index (χ2n) is 4.40.